The summed E-state index contributed by atoms with van der Waals surface area (Å²) in [5, 5.41) is 9.87. The first kappa shape index (κ1) is 17.0. The average Bonchev–Trinajstić information content (AvgIpc) is 3.05. The number of aryl methyl sites for hydroxylation is 1. The number of nitrogens with one attached hydrogen (secondary N) is 2. The summed E-state index contributed by atoms with van der Waals surface area (Å²) < 4.78 is 1.64. The minimum Gasteiger partial charge on any atom is -0.350 e. The molecule has 0 radical (unpaired) electrons. The number of likely N-dealkylation sites (tertiary alicyclic amines) is 1. The predicted octanol–water partition coefficient (Wildman–Crippen LogP) is 2.24. The summed E-state index contributed by atoms with van der Waals surface area (Å²) in [6.45, 7) is 1.14. The van der Waals surface area contributed by atoms with Crippen LogP contribution in [0.3, 0.4) is 0 Å². The Bertz CT molecular complexity index is 728. The van der Waals surface area contributed by atoms with Crippen molar-refractivity contribution in [3.05, 3.63) is 48.3 Å². The number of urea groups is 1. The van der Waals surface area contributed by atoms with Crippen molar-refractivity contribution >= 4 is 17.6 Å². The third-order valence-corrected chi connectivity index (χ3v) is 4.38. The Morgan fingerprint density at radius 3 is 2.76 bits per heavy atom. The van der Waals surface area contributed by atoms with Gasteiger partial charge in [0.2, 0.25) is 0 Å². The highest BCUT2D eigenvalue weighted by Gasteiger charge is 2.27. The lowest BCUT2D eigenvalue weighted by Gasteiger charge is -2.35. The highest BCUT2D eigenvalue weighted by molar-refractivity contribution is 5.94. The number of nitrogens with zero attached hydrogens (tertiary/aromatic N) is 3. The number of hydrogen-bond acceptors (Lipinski definition) is 3. The molecule has 132 valence electrons. The second kappa shape index (κ2) is 7.83. The van der Waals surface area contributed by atoms with Crippen LogP contribution in [0.5, 0.6) is 0 Å². The Kier molecular flexibility index (Phi) is 5.33. The fraction of sp³-hybridized carbons (Fsp3) is 0.389. The average molecular weight is 341 g/mol. The van der Waals surface area contributed by atoms with Crippen molar-refractivity contribution in [3.8, 4) is 0 Å². The molecule has 1 aliphatic heterocycles. The van der Waals surface area contributed by atoms with Gasteiger partial charge in [0, 0.05) is 31.9 Å². The van der Waals surface area contributed by atoms with Crippen LogP contribution < -0.4 is 10.6 Å². The van der Waals surface area contributed by atoms with E-state index in [4.69, 9.17) is 0 Å². The highest BCUT2D eigenvalue weighted by Crippen LogP contribution is 2.18. The first-order valence-corrected chi connectivity index (χ1v) is 8.53. The van der Waals surface area contributed by atoms with Gasteiger partial charge in [-0.2, -0.15) is 5.10 Å². The van der Waals surface area contributed by atoms with Crippen LogP contribution in [0.1, 0.15) is 29.6 Å². The third-order valence-electron chi connectivity index (χ3n) is 4.38. The van der Waals surface area contributed by atoms with Crippen molar-refractivity contribution in [1.29, 1.82) is 0 Å². The zero-order valence-corrected chi connectivity index (χ0v) is 14.3. The second-order valence-electron chi connectivity index (χ2n) is 6.25. The van der Waals surface area contributed by atoms with Gasteiger partial charge in [0.15, 0.2) is 0 Å². The maximum Gasteiger partial charge on any atom is 0.322 e. The number of carbonyl (C=O) groups is 2. The SMILES string of the molecule is Cn1cc(NC(=O)N2CCCC[C@@H]2CNC(=O)c2ccccc2)cn1. The van der Waals surface area contributed by atoms with Gasteiger partial charge in [0.1, 0.15) is 0 Å². The summed E-state index contributed by atoms with van der Waals surface area (Å²) in [6, 6.07) is 8.96. The number of anilines is 1. The van der Waals surface area contributed by atoms with Crippen LogP contribution in [0, 0.1) is 0 Å². The first-order chi connectivity index (χ1) is 12.1. The fourth-order valence-electron chi connectivity index (χ4n) is 3.06. The van der Waals surface area contributed by atoms with E-state index in [2.05, 4.69) is 15.7 Å². The second-order valence-corrected chi connectivity index (χ2v) is 6.25. The Morgan fingerprint density at radius 1 is 1.24 bits per heavy atom. The predicted molar refractivity (Wildman–Crippen MR) is 95.3 cm³/mol. The topological polar surface area (TPSA) is 79.3 Å². The molecule has 1 aliphatic rings. The molecule has 3 amide bonds. The molecule has 0 bridgehead atoms. The van der Waals surface area contributed by atoms with Crippen LogP contribution >= 0.6 is 0 Å². The van der Waals surface area contributed by atoms with E-state index in [1.807, 2.05) is 23.1 Å². The van der Waals surface area contributed by atoms with Gasteiger partial charge < -0.3 is 15.5 Å². The molecule has 2 aromatic rings. The monoisotopic (exact) mass is 341 g/mol. The van der Waals surface area contributed by atoms with Crippen LogP contribution in [-0.4, -0.2) is 45.8 Å². The number of piperidine rings is 1. The molecule has 0 spiro atoms. The molecule has 0 unspecified atom stereocenters. The molecule has 7 heteroatoms. The molecule has 25 heavy (non-hydrogen) atoms. The molecule has 2 N–H and O–H groups in total. The lowest BCUT2D eigenvalue weighted by molar-refractivity contribution is 0.0929. The van der Waals surface area contributed by atoms with Gasteiger partial charge in [-0.1, -0.05) is 18.2 Å². The number of hydrogen-bond donors (Lipinski definition) is 2. The molecule has 7 nitrogen and oxygen atoms in total. The van der Waals surface area contributed by atoms with Crippen LogP contribution in [0.15, 0.2) is 42.7 Å². The molecule has 1 fully saturated rings. The van der Waals surface area contributed by atoms with E-state index in [1.54, 1.807) is 36.3 Å². The molecule has 0 saturated carbocycles. The Morgan fingerprint density at radius 2 is 2.04 bits per heavy atom. The van der Waals surface area contributed by atoms with E-state index in [0.29, 0.717) is 24.3 Å². The van der Waals surface area contributed by atoms with Crippen molar-refractivity contribution < 1.29 is 9.59 Å². The molecule has 1 aromatic heterocycles. The largest absolute Gasteiger partial charge is 0.350 e. The van der Waals surface area contributed by atoms with Crippen molar-refractivity contribution in [2.24, 2.45) is 7.05 Å². The molecule has 0 aliphatic carbocycles. The number of benzene rings is 1. The number of rotatable bonds is 4. The molecular weight excluding hydrogens is 318 g/mol. The molecule has 1 atom stereocenters. The number of amides is 3. The van der Waals surface area contributed by atoms with E-state index < -0.39 is 0 Å². The van der Waals surface area contributed by atoms with Gasteiger partial charge in [0.05, 0.1) is 17.9 Å². The van der Waals surface area contributed by atoms with Gasteiger partial charge in [-0.05, 0) is 31.4 Å². The zero-order valence-electron chi connectivity index (χ0n) is 14.3. The fourth-order valence-corrected chi connectivity index (χ4v) is 3.06. The standard InChI is InChI=1S/C18H23N5O2/c1-22-13-15(11-20-22)21-18(25)23-10-6-5-9-16(23)12-19-17(24)14-7-3-2-4-8-14/h2-4,7-8,11,13,16H,5-6,9-10,12H2,1H3,(H,19,24)(H,21,25)/t16-/m1/s1. The van der Waals surface area contributed by atoms with Crippen molar-refractivity contribution in [2.75, 3.05) is 18.4 Å². The lowest BCUT2D eigenvalue weighted by Crippen LogP contribution is -2.50. The van der Waals surface area contributed by atoms with Crippen LogP contribution in [0.2, 0.25) is 0 Å². The molecule has 1 aromatic carbocycles. The molecule has 3 rings (SSSR count). The number of aromatic nitrogens is 2. The summed E-state index contributed by atoms with van der Waals surface area (Å²) in [5.74, 6) is -0.112. The van der Waals surface area contributed by atoms with E-state index in [0.717, 1.165) is 19.3 Å². The van der Waals surface area contributed by atoms with Crippen molar-refractivity contribution in [3.63, 3.8) is 0 Å². The Hall–Kier alpha value is -2.83. The van der Waals surface area contributed by atoms with Crippen LogP contribution in [0.4, 0.5) is 10.5 Å². The van der Waals surface area contributed by atoms with Crippen molar-refractivity contribution in [1.82, 2.24) is 20.0 Å². The van der Waals surface area contributed by atoms with E-state index in [9.17, 15) is 9.59 Å². The summed E-state index contributed by atoms with van der Waals surface area (Å²) in [7, 11) is 1.80. The van der Waals surface area contributed by atoms with Crippen LogP contribution in [-0.2, 0) is 7.05 Å². The minimum atomic E-state index is -0.147. The quantitative estimate of drug-likeness (QED) is 0.895. The molecule has 2 heterocycles. The lowest BCUT2D eigenvalue weighted by atomic mass is 10.0. The maximum absolute atomic E-state index is 12.6. The first-order valence-electron chi connectivity index (χ1n) is 8.53. The summed E-state index contributed by atoms with van der Waals surface area (Å²) >= 11 is 0. The van der Waals surface area contributed by atoms with E-state index in [1.165, 1.54) is 0 Å². The normalized spacial score (nSPS) is 17.2. The van der Waals surface area contributed by atoms with Gasteiger partial charge >= 0.3 is 6.03 Å². The number of carbonyl (C=O) groups excluding carboxylic acids is 2. The third kappa shape index (κ3) is 4.37. The smallest absolute Gasteiger partial charge is 0.322 e. The van der Waals surface area contributed by atoms with E-state index >= 15 is 0 Å². The van der Waals surface area contributed by atoms with Crippen LogP contribution in [0.25, 0.3) is 0 Å². The molecular formula is C18H23N5O2. The summed E-state index contributed by atoms with van der Waals surface area (Å²) in [4.78, 5) is 26.6. The summed E-state index contributed by atoms with van der Waals surface area (Å²) in [5.41, 5.74) is 1.30. The van der Waals surface area contributed by atoms with E-state index in [-0.39, 0.29) is 18.0 Å². The van der Waals surface area contributed by atoms with Gasteiger partial charge in [-0.25, -0.2) is 4.79 Å². The Labute approximate surface area is 147 Å². The summed E-state index contributed by atoms with van der Waals surface area (Å²) in [6.07, 6.45) is 6.30. The minimum absolute atomic E-state index is 0.00177. The van der Waals surface area contributed by atoms with Gasteiger partial charge in [0.25, 0.3) is 5.91 Å². The van der Waals surface area contributed by atoms with Gasteiger partial charge in [-0.15, -0.1) is 0 Å². The molecule has 1 saturated heterocycles. The maximum atomic E-state index is 12.6. The Balaban J connectivity index is 1.58. The zero-order chi connectivity index (χ0) is 17.6. The van der Waals surface area contributed by atoms with Crippen molar-refractivity contribution in [2.45, 2.75) is 25.3 Å². The van der Waals surface area contributed by atoms with Gasteiger partial charge in [-0.3, -0.25) is 9.48 Å². The highest BCUT2D eigenvalue weighted by atomic mass is 16.2.